The molecule has 0 saturated carbocycles. The Hall–Kier alpha value is -3.84. The molecule has 0 aliphatic carbocycles. The number of furan rings is 1. The van der Waals surface area contributed by atoms with Gasteiger partial charge in [-0.3, -0.25) is 9.59 Å². The van der Waals surface area contributed by atoms with E-state index in [0.717, 1.165) is 5.56 Å². The van der Waals surface area contributed by atoms with E-state index in [-0.39, 0.29) is 37.9 Å². The fourth-order valence-corrected chi connectivity index (χ4v) is 4.64. The van der Waals surface area contributed by atoms with Crippen LogP contribution in [0.1, 0.15) is 53.4 Å². The molecule has 1 unspecified atom stereocenters. The number of carbonyl (C=O) groups excluding carboxylic acids is 3. The monoisotopic (exact) mass is 506 g/mol. The molecule has 1 aliphatic rings. The number of allylic oxidation sites excluding steroid dienone is 1. The van der Waals surface area contributed by atoms with Crippen LogP contribution >= 0.6 is 11.6 Å². The Morgan fingerprint density at radius 3 is 2.67 bits per heavy atom. The van der Waals surface area contributed by atoms with Crippen LogP contribution in [-0.2, 0) is 27.4 Å². The van der Waals surface area contributed by atoms with Crippen molar-refractivity contribution in [3.8, 4) is 0 Å². The zero-order chi connectivity index (χ0) is 25.7. The lowest BCUT2D eigenvalue weighted by Gasteiger charge is -2.34. The van der Waals surface area contributed by atoms with E-state index >= 15 is 0 Å². The zero-order valence-corrected chi connectivity index (χ0v) is 20.9. The number of rotatable bonds is 8. The Kier molecular flexibility index (Phi) is 7.90. The van der Waals surface area contributed by atoms with E-state index < -0.39 is 11.9 Å². The minimum absolute atomic E-state index is 0.0819. The molecule has 2 heterocycles. The number of halogens is 1. The first-order valence-corrected chi connectivity index (χ1v) is 12.1. The van der Waals surface area contributed by atoms with Gasteiger partial charge in [-0.2, -0.15) is 0 Å². The topological polar surface area (TPSA) is 88.8 Å². The number of esters is 1. The van der Waals surface area contributed by atoms with Crippen molar-refractivity contribution in [1.29, 1.82) is 0 Å². The molecule has 1 N–H and O–H groups in total. The third-order valence-electron chi connectivity index (χ3n) is 6.13. The zero-order valence-electron chi connectivity index (χ0n) is 20.1. The molecule has 36 heavy (non-hydrogen) atoms. The molecule has 1 aromatic heterocycles. The van der Waals surface area contributed by atoms with E-state index in [0.29, 0.717) is 33.2 Å². The summed E-state index contributed by atoms with van der Waals surface area (Å²) in [6.07, 6.45) is 1.63. The maximum Gasteiger partial charge on any atom is 0.336 e. The summed E-state index contributed by atoms with van der Waals surface area (Å²) in [6.45, 7) is 4.19. The number of nitrogens with one attached hydrogen (secondary N) is 1. The minimum atomic E-state index is -0.500. The first-order valence-electron chi connectivity index (χ1n) is 11.7. The van der Waals surface area contributed by atoms with Crippen LogP contribution in [0.4, 0.5) is 0 Å². The number of benzene rings is 2. The fourth-order valence-electron chi connectivity index (χ4n) is 4.38. The fraction of sp³-hybridized carbons (Fsp3) is 0.250. The van der Waals surface area contributed by atoms with Gasteiger partial charge in [-0.15, -0.1) is 0 Å². The third-order valence-corrected chi connectivity index (χ3v) is 6.48. The molecule has 4 rings (SSSR count). The molecule has 2 aromatic carbocycles. The number of ether oxygens (including phenoxy) is 1. The summed E-state index contributed by atoms with van der Waals surface area (Å²) in [5.74, 6) is -0.711. The molecule has 0 bridgehead atoms. The van der Waals surface area contributed by atoms with Gasteiger partial charge < -0.3 is 19.4 Å². The van der Waals surface area contributed by atoms with Gasteiger partial charge in [0.05, 0.1) is 31.5 Å². The summed E-state index contributed by atoms with van der Waals surface area (Å²) in [6, 6.07) is 17.8. The smallest absolute Gasteiger partial charge is 0.336 e. The molecular formula is C28H27ClN2O5. The Morgan fingerprint density at radius 1 is 1.14 bits per heavy atom. The van der Waals surface area contributed by atoms with Gasteiger partial charge in [0.2, 0.25) is 5.91 Å². The summed E-state index contributed by atoms with van der Waals surface area (Å²) < 4.78 is 10.6. The number of amides is 2. The predicted molar refractivity (Wildman–Crippen MR) is 135 cm³/mol. The van der Waals surface area contributed by atoms with E-state index in [2.05, 4.69) is 5.32 Å². The summed E-state index contributed by atoms with van der Waals surface area (Å²) in [7, 11) is 0. The summed E-state index contributed by atoms with van der Waals surface area (Å²) >= 11 is 6.43. The second kappa shape index (κ2) is 11.3. The third kappa shape index (κ3) is 5.52. The lowest BCUT2D eigenvalue weighted by molar-refractivity contribution is -0.140. The molecule has 8 heteroatoms. The number of hydrogen-bond donors (Lipinski definition) is 1. The molecule has 1 atom stereocenters. The van der Waals surface area contributed by atoms with Crippen LogP contribution in [0.2, 0.25) is 5.02 Å². The van der Waals surface area contributed by atoms with E-state index in [1.807, 2.05) is 18.2 Å². The average Bonchev–Trinajstić information content (AvgIpc) is 3.39. The van der Waals surface area contributed by atoms with Crippen molar-refractivity contribution < 1.29 is 23.5 Å². The minimum Gasteiger partial charge on any atom is -0.467 e. The number of nitrogens with zero attached hydrogens (tertiary/aromatic N) is 1. The SMILES string of the molecule is CCOC(=O)C1=C(C)N(Cc2cccc(C(=O)NCc3ccco3)c2)C(=O)CC1c1ccccc1Cl. The molecule has 0 fully saturated rings. The van der Waals surface area contributed by atoms with Crippen molar-refractivity contribution in [3.63, 3.8) is 0 Å². The van der Waals surface area contributed by atoms with Crippen LogP contribution in [0.5, 0.6) is 0 Å². The van der Waals surface area contributed by atoms with Crippen molar-refractivity contribution in [1.82, 2.24) is 10.2 Å². The van der Waals surface area contributed by atoms with Gasteiger partial charge in [0.15, 0.2) is 0 Å². The van der Waals surface area contributed by atoms with Gasteiger partial charge in [0.1, 0.15) is 5.76 Å². The van der Waals surface area contributed by atoms with Crippen LogP contribution in [0.25, 0.3) is 0 Å². The van der Waals surface area contributed by atoms with Gasteiger partial charge in [-0.25, -0.2) is 4.79 Å². The maximum absolute atomic E-state index is 13.3. The maximum atomic E-state index is 13.3. The lowest BCUT2D eigenvalue weighted by atomic mass is 9.83. The molecule has 186 valence electrons. The molecule has 7 nitrogen and oxygen atoms in total. The number of hydrogen-bond acceptors (Lipinski definition) is 5. The Morgan fingerprint density at radius 2 is 1.94 bits per heavy atom. The Balaban J connectivity index is 1.60. The van der Waals surface area contributed by atoms with Gasteiger partial charge >= 0.3 is 5.97 Å². The number of carbonyl (C=O) groups is 3. The summed E-state index contributed by atoms with van der Waals surface area (Å²) in [4.78, 5) is 40.5. The van der Waals surface area contributed by atoms with E-state index in [1.54, 1.807) is 67.5 Å². The highest BCUT2D eigenvalue weighted by Crippen LogP contribution is 2.40. The van der Waals surface area contributed by atoms with Crippen molar-refractivity contribution in [2.75, 3.05) is 6.61 Å². The van der Waals surface area contributed by atoms with Crippen molar-refractivity contribution in [2.24, 2.45) is 0 Å². The van der Waals surface area contributed by atoms with Crippen LogP contribution in [0.3, 0.4) is 0 Å². The van der Waals surface area contributed by atoms with Crippen LogP contribution < -0.4 is 5.32 Å². The van der Waals surface area contributed by atoms with Gasteiger partial charge in [-0.05, 0) is 55.3 Å². The molecule has 3 aromatic rings. The largest absolute Gasteiger partial charge is 0.467 e. The van der Waals surface area contributed by atoms with E-state index in [4.69, 9.17) is 20.8 Å². The van der Waals surface area contributed by atoms with Gasteiger partial charge in [0.25, 0.3) is 5.91 Å². The van der Waals surface area contributed by atoms with E-state index in [9.17, 15) is 14.4 Å². The highest BCUT2D eigenvalue weighted by atomic mass is 35.5. The second-order valence-electron chi connectivity index (χ2n) is 8.44. The van der Waals surface area contributed by atoms with Crippen molar-refractivity contribution >= 4 is 29.4 Å². The Labute approximate surface area is 214 Å². The molecule has 0 saturated heterocycles. The first kappa shape index (κ1) is 25.3. The van der Waals surface area contributed by atoms with Crippen molar-refractivity contribution in [2.45, 2.75) is 39.3 Å². The molecule has 0 spiro atoms. The average molecular weight is 507 g/mol. The second-order valence-corrected chi connectivity index (χ2v) is 8.85. The molecule has 1 aliphatic heterocycles. The molecule has 0 radical (unpaired) electrons. The quantitative estimate of drug-likeness (QED) is 0.423. The van der Waals surface area contributed by atoms with Gasteiger partial charge in [0, 0.05) is 28.6 Å². The highest BCUT2D eigenvalue weighted by Gasteiger charge is 2.37. The molecule has 2 amide bonds. The van der Waals surface area contributed by atoms with Crippen LogP contribution in [-0.4, -0.2) is 29.3 Å². The van der Waals surface area contributed by atoms with Crippen molar-refractivity contribution in [3.05, 3.63) is 106 Å². The summed E-state index contributed by atoms with van der Waals surface area (Å²) in [5.41, 5.74) is 2.86. The summed E-state index contributed by atoms with van der Waals surface area (Å²) in [5, 5.41) is 3.31. The first-order chi connectivity index (χ1) is 17.4. The predicted octanol–water partition coefficient (Wildman–Crippen LogP) is 5.22. The van der Waals surface area contributed by atoms with Crippen LogP contribution in [0, 0.1) is 0 Å². The normalized spacial score (nSPS) is 15.7. The Bertz CT molecular complexity index is 1300. The highest BCUT2D eigenvalue weighted by molar-refractivity contribution is 6.31. The molecular weight excluding hydrogens is 480 g/mol. The van der Waals surface area contributed by atoms with Gasteiger partial charge in [-0.1, -0.05) is 41.9 Å². The van der Waals surface area contributed by atoms with Crippen LogP contribution in [0.15, 0.2) is 82.6 Å². The standard InChI is InChI=1S/C28H27ClN2O5/c1-3-35-28(34)26-18(2)31(25(32)15-23(26)22-11-4-5-12-24(22)29)17-19-8-6-9-20(14-19)27(33)30-16-21-10-7-13-36-21/h4-14,23H,3,15-17H2,1-2H3,(H,30,33). The van der Waals surface area contributed by atoms with E-state index in [1.165, 1.54) is 0 Å². The lowest BCUT2D eigenvalue weighted by Crippen LogP contribution is -2.38.